The summed E-state index contributed by atoms with van der Waals surface area (Å²) < 4.78 is 9.80. The molecule has 10 aliphatic rings. The predicted octanol–water partition coefficient (Wildman–Crippen LogP) is 16.6. The SMILES string of the molecule is c1ccc(-c2ccc(N3B4c5c(cc(-c6ccccc6)cc5-n5c6ccc(C78CC9CC%10CC(C7)C%109C8)cc6c6cc(C78CC9CC%10CC(C7)C%109C8)cc4c65)-c4c3ccc3oc5cc6ccccc6cc5c43)cc2)cc1. The normalized spacial score (nSPS) is 31.6. The Kier molecular flexibility index (Phi) is 6.80. The van der Waals surface area contributed by atoms with E-state index in [2.05, 4.69) is 185 Å². The van der Waals surface area contributed by atoms with Crippen LogP contribution in [0, 0.1) is 46.3 Å². The first-order valence-corrected chi connectivity index (χ1v) is 29.2. The van der Waals surface area contributed by atoms with Crippen LogP contribution in [0.5, 0.6) is 0 Å². The van der Waals surface area contributed by atoms with Gasteiger partial charge < -0.3 is 13.8 Å². The van der Waals surface area contributed by atoms with Crippen LogP contribution >= 0.6 is 0 Å². The highest BCUT2D eigenvalue weighted by Gasteiger charge is 2.78. The Morgan fingerprint density at radius 2 is 1.08 bits per heavy atom. The monoisotopic (exact) mass is 974 g/mol. The van der Waals surface area contributed by atoms with Crippen LogP contribution < -0.4 is 15.7 Å². The highest BCUT2D eigenvalue weighted by Crippen LogP contribution is 2.86. The molecule has 2 aromatic heterocycles. The molecule has 0 radical (unpaired) electrons. The van der Waals surface area contributed by atoms with Crippen LogP contribution in [0.3, 0.4) is 0 Å². The van der Waals surface area contributed by atoms with E-state index in [9.17, 15) is 0 Å². The molecule has 4 unspecified atom stereocenters. The lowest BCUT2D eigenvalue weighted by molar-refractivity contribution is -0.175. The van der Waals surface area contributed by atoms with Crippen molar-refractivity contribution in [1.29, 1.82) is 0 Å². The second-order valence-corrected chi connectivity index (χ2v) is 26.7. The van der Waals surface area contributed by atoms with Crippen LogP contribution in [0.4, 0.5) is 11.4 Å². The van der Waals surface area contributed by atoms with Gasteiger partial charge in [0.1, 0.15) is 11.2 Å². The van der Waals surface area contributed by atoms with Gasteiger partial charge in [0.05, 0.1) is 11.0 Å². The van der Waals surface area contributed by atoms with Gasteiger partial charge in [0.2, 0.25) is 0 Å². The number of anilines is 2. The second-order valence-electron chi connectivity index (χ2n) is 26.7. The summed E-state index contributed by atoms with van der Waals surface area (Å²) in [4.78, 5) is 2.78. The van der Waals surface area contributed by atoms with Crippen LogP contribution in [0.1, 0.15) is 75.3 Å². The molecule has 362 valence electrons. The van der Waals surface area contributed by atoms with Gasteiger partial charge in [0.25, 0.3) is 0 Å². The highest BCUT2D eigenvalue weighted by molar-refractivity contribution is 6.93. The van der Waals surface area contributed by atoms with Crippen LogP contribution in [0.2, 0.25) is 0 Å². The van der Waals surface area contributed by atoms with Crippen molar-refractivity contribution in [2.24, 2.45) is 46.3 Å². The fourth-order valence-corrected chi connectivity index (χ4v) is 21.5. The largest absolute Gasteiger partial charge is 0.456 e. The van der Waals surface area contributed by atoms with E-state index < -0.39 is 0 Å². The lowest BCUT2D eigenvalue weighted by Crippen LogP contribution is -2.61. The van der Waals surface area contributed by atoms with Crippen molar-refractivity contribution in [2.45, 2.75) is 75.0 Å². The average molecular weight is 975 g/mol. The summed E-state index contributed by atoms with van der Waals surface area (Å²) in [5, 5.41) is 7.79. The van der Waals surface area contributed by atoms with E-state index in [-0.39, 0.29) is 12.3 Å². The first kappa shape index (κ1) is 40.0. The third kappa shape index (κ3) is 4.40. The molecule has 4 heterocycles. The third-order valence-corrected chi connectivity index (χ3v) is 24.4. The number of furan rings is 1. The van der Waals surface area contributed by atoms with Crippen LogP contribution in [0.15, 0.2) is 180 Å². The Labute approximate surface area is 442 Å². The lowest BCUT2D eigenvalue weighted by atomic mass is 9.38. The van der Waals surface area contributed by atoms with Gasteiger partial charge in [-0.05, 0) is 249 Å². The van der Waals surface area contributed by atoms with E-state index in [1.54, 1.807) is 11.1 Å². The van der Waals surface area contributed by atoms with Crippen molar-refractivity contribution >= 4 is 83.7 Å². The molecule has 2 spiro atoms. The quantitative estimate of drug-likeness (QED) is 0.160. The van der Waals surface area contributed by atoms with Crippen molar-refractivity contribution in [2.75, 3.05) is 4.81 Å². The van der Waals surface area contributed by atoms with Gasteiger partial charge in [0, 0.05) is 44.2 Å². The molecule has 0 saturated heterocycles. The van der Waals surface area contributed by atoms with E-state index in [1.807, 2.05) is 0 Å². The molecule has 2 aliphatic heterocycles. The summed E-state index contributed by atoms with van der Waals surface area (Å²) in [6.07, 6.45) is 14.4. The number of aromatic nitrogens is 1. The van der Waals surface area contributed by atoms with E-state index in [0.717, 1.165) is 46.7 Å². The van der Waals surface area contributed by atoms with Crippen molar-refractivity contribution < 1.29 is 4.42 Å². The molecule has 3 nitrogen and oxygen atoms in total. The molecule has 8 fully saturated rings. The fraction of sp³-hybridized carbons (Fsp3) is 0.278. The van der Waals surface area contributed by atoms with Gasteiger partial charge >= 0.3 is 6.85 Å². The van der Waals surface area contributed by atoms with Gasteiger partial charge in [-0.15, -0.1) is 0 Å². The van der Waals surface area contributed by atoms with Crippen molar-refractivity contribution in [3.63, 3.8) is 0 Å². The maximum Gasteiger partial charge on any atom is 0.333 e. The minimum absolute atomic E-state index is 0.0656. The smallest absolute Gasteiger partial charge is 0.333 e. The van der Waals surface area contributed by atoms with E-state index in [1.165, 1.54) is 169 Å². The first-order chi connectivity index (χ1) is 37.5. The first-order valence-electron chi connectivity index (χ1n) is 29.2. The van der Waals surface area contributed by atoms with Crippen LogP contribution in [-0.2, 0) is 10.8 Å². The fourth-order valence-electron chi connectivity index (χ4n) is 21.5. The maximum atomic E-state index is 7.02. The molecule has 4 heteroatoms. The Bertz CT molecular complexity index is 4470. The minimum atomic E-state index is -0.0656. The molecule has 0 amide bonds. The molecule has 9 aromatic carbocycles. The van der Waals surface area contributed by atoms with Gasteiger partial charge in [-0.2, -0.15) is 0 Å². The highest BCUT2D eigenvalue weighted by atomic mass is 16.3. The zero-order chi connectivity index (χ0) is 48.8. The minimum Gasteiger partial charge on any atom is -0.456 e. The Hall–Kier alpha value is -7.30. The summed E-state index contributed by atoms with van der Waals surface area (Å²) in [6.45, 7) is -0.0656. The number of hydrogen-bond donors (Lipinski definition) is 0. The summed E-state index contributed by atoms with van der Waals surface area (Å²) in [5.41, 5.74) is 24.1. The molecule has 4 bridgehead atoms. The zero-order valence-electron chi connectivity index (χ0n) is 42.7. The van der Waals surface area contributed by atoms with E-state index in [0.29, 0.717) is 16.2 Å². The van der Waals surface area contributed by atoms with Crippen molar-refractivity contribution in [3.05, 3.63) is 187 Å². The molecule has 11 aromatic rings. The molecule has 21 rings (SSSR count). The summed E-state index contributed by atoms with van der Waals surface area (Å²) in [5.74, 6) is 5.73. The number of hydrogen-bond acceptors (Lipinski definition) is 2. The summed E-state index contributed by atoms with van der Waals surface area (Å²) in [7, 11) is 0. The third-order valence-electron chi connectivity index (χ3n) is 24.4. The number of benzene rings is 9. The van der Waals surface area contributed by atoms with Crippen LogP contribution in [0.25, 0.3) is 93.6 Å². The van der Waals surface area contributed by atoms with Gasteiger partial charge in [-0.1, -0.05) is 109 Å². The molecule has 0 N–H and O–H groups in total. The number of nitrogens with zero attached hydrogens (tertiary/aromatic N) is 2. The van der Waals surface area contributed by atoms with E-state index >= 15 is 0 Å². The molecule has 8 saturated carbocycles. The predicted molar refractivity (Wildman–Crippen MR) is 311 cm³/mol. The lowest BCUT2D eigenvalue weighted by Gasteiger charge is -2.66. The zero-order valence-corrected chi connectivity index (χ0v) is 42.7. The average Bonchev–Trinajstić information content (AvgIpc) is 4.10. The molecular formula is C72H55BN2O. The Morgan fingerprint density at radius 1 is 0.461 bits per heavy atom. The standard InChI is InChI=1S/C72H55BN2O/c1-3-9-40(10-4-1)42-15-18-54(19-16-42)75-61-21-22-63-66(57-23-43-13-7-8-14-44(43)26-64(57)76-63)65(61)58-24-45(41-11-5-2-6-12-41)25-62-67(58)73(75)59-33-47(70-36-52-29-49-30-53(37-70)72(49,52)39-70)32-56-55-31-46(17-20-60(55)74(62)68(56)59)69-34-50-27-48-28-51(35-69)71(48,50)38-69/h1-26,31-33,48-53H,27-30,34-39H2. The van der Waals surface area contributed by atoms with Crippen molar-refractivity contribution in [3.8, 4) is 39.1 Å². The summed E-state index contributed by atoms with van der Waals surface area (Å²) in [6, 6.07) is 68.7. The summed E-state index contributed by atoms with van der Waals surface area (Å²) >= 11 is 0. The van der Waals surface area contributed by atoms with Crippen LogP contribution in [-0.4, -0.2) is 11.4 Å². The Balaban J connectivity index is 0.893. The topological polar surface area (TPSA) is 21.3 Å². The number of rotatable bonds is 5. The maximum absolute atomic E-state index is 7.02. The van der Waals surface area contributed by atoms with E-state index in [4.69, 9.17) is 4.42 Å². The Morgan fingerprint density at radius 3 is 1.75 bits per heavy atom. The molecule has 8 aliphatic carbocycles. The molecule has 4 atom stereocenters. The molecular weight excluding hydrogens is 920 g/mol. The number of fused-ring (bicyclic) bond motifs is 14. The molecule has 76 heavy (non-hydrogen) atoms. The van der Waals surface area contributed by atoms with Crippen molar-refractivity contribution in [1.82, 2.24) is 4.57 Å². The van der Waals surface area contributed by atoms with Gasteiger partial charge in [-0.25, -0.2) is 0 Å². The second kappa shape index (κ2) is 12.9. The van der Waals surface area contributed by atoms with Gasteiger partial charge in [0.15, 0.2) is 0 Å². The van der Waals surface area contributed by atoms with Gasteiger partial charge in [-0.3, -0.25) is 0 Å².